The number of hydrogen-bond acceptors (Lipinski definition) is 4. The smallest absolute Gasteiger partial charge is 0.305 e. The number of esters is 1. The van der Waals surface area contributed by atoms with Crippen molar-refractivity contribution >= 4 is 16.9 Å². The van der Waals surface area contributed by atoms with Crippen LogP contribution in [0.2, 0.25) is 0 Å². The quantitative estimate of drug-likeness (QED) is 0.394. The summed E-state index contributed by atoms with van der Waals surface area (Å²) in [4.78, 5) is 29.6. The molecule has 5 nitrogen and oxygen atoms in total. The molecule has 0 aliphatic carbocycles. The predicted octanol–water partition coefficient (Wildman–Crippen LogP) is 4.61. The summed E-state index contributed by atoms with van der Waals surface area (Å²) in [5.41, 5.74) is 2.63. The molecule has 0 atom stereocenters. The van der Waals surface area contributed by atoms with Gasteiger partial charge in [-0.3, -0.25) is 14.2 Å². The summed E-state index contributed by atoms with van der Waals surface area (Å²) in [6, 6.07) is 15.6. The first-order valence-corrected chi connectivity index (χ1v) is 10.3. The molecule has 0 fully saturated rings. The van der Waals surface area contributed by atoms with E-state index >= 15 is 0 Å². The molecule has 1 heterocycles. The summed E-state index contributed by atoms with van der Waals surface area (Å²) < 4.78 is 6.44. The summed E-state index contributed by atoms with van der Waals surface area (Å²) >= 11 is 0. The molecule has 5 heteroatoms. The van der Waals surface area contributed by atoms with Gasteiger partial charge in [-0.1, -0.05) is 43.7 Å². The van der Waals surface area contributed by atoms with E-state index in [9.17, 15) is 9.59 Å². The molecular formula is C24H28N2O3. The average molecular weight is 392 g/mol. The van der Waals surface area contributed by atoms with Gasteiger partial charge in [0.05, 0.1) is 23.7 Å². The van der Waals surface area contributed by atoms with E-state index in [4.69, 9.17) is 4.98 Å². The van der Waals surface area contributed by atoms with Crippen LogP contribution in [0.25, 0.3) is 16.6 Å². The standard InChI is InChI=1S/C24H28N2O3/c1-3-11-21-25-20-16-10-13-18(12-6-4-9-17-22(27)29-2)23(20)24(28)26(21)19-14-7-5-8-15-19/h5,7-8,10,13-16H,3-4,6,9,11-12,17H2,1-2H3. The highest BCUT2D eigenvalue weighted by Gasteiger charge is 2.15. The van der Waals surface area contributed by atoms with Crippen LogP contribution in [0.5, 0.6) is 0 Å². The van der Waals surface area contributed by atoms with E-state index in [1.807, 2.05) is 48.5 Å². The van der Waals surface area contributed by atoms with Crippen LogP contribution < -0.4 is 5.56 Å². The Labute approximate surface area is 171 Å². The Morgan fingerprint density at radius 3 is 2.52 bits per heavy atom. The van der Waals surface area contributed by atoms with E-state index in [0.29, 0.717) is 11.8 Å². The van der Waals surface area contributed by atoms with Gasteiger partial charge < -0.3 is 4.74 Å². The number of rotatable bonds is 9. The number of unbranched alkanes of at least 4 members (excludes halogenated alkanes) is 2. The molecule has 0 saturated heterocycles. The van der Waals surface area contributed by atoms with Gasteiger partial charge >= 0.3 is 5.97 Å². The Hall–Kier alpha value is -2.95. The van der Waals surface area contributed by atoms with Crippen molar-refractivity contribution in [3.63, 3.8) is 0 Å². The molecule has 0 bridgehead atoms. The number of carbonyl (C=O) groups excluding carboxylic acids is 1. The number of benzene rings is 2. The molecule has 0 saturated carbocycles. The Balaban J connectivity index is 1.94. The molecule has 0 aliphatic heterocycles. The Kier molecular flexibility index (Phi) is 7.17. The highest BCUT2D eigenvalue weighted by atomic mass is 16.5. The van der Waals surface area contributed by atoms with Gasteiger partial charge in [0.15, 0.2) is 0 Å². The number of nitrogens with zero attached hydrogens (tertiary/aromatic N) is 2. The first kappa shape index (κ1) is 20.8. The third kappa shape index (κ3) is 4.91. The summed E-state index contributed by atoms with van der Waals surface area (Å²) in [6.07, 6.45) is 5.52. The van der Waals surface area contributed by atoms with Gasteiger partial charge in [0.25, 0.3) is 5.56 Å². The predicted molar refractivity (Wildman–Crippen MR) is 116 cm³/mol. The third-order valence-electron chi connectivity index (χ3n) is 5.10. The van der Waals surface area contributed by atoms with Crippen molar-refractivity contribution in [3.8, 4) is 5.69 Å². The number of ether oxygens (including phenoxy) is 1. The minimum absolute atomic E-state index is 0.00480. The molecule has 29 heavy (non-hydrogen) atoms. The Bertz CT molecular complexity index is 1030. The monoisotopic (exact) mass is 392 g/mol. The van der Waals surface area contributed by atoms with Crippen LogP contribution in [0.15, 0.2) is 53.3 Å². The largest absolute Gasteiger partial charge is 0.469 e. The number of hydrogen-bond donors (Lipinski definition) is 0. The van der Waals surface area contributed by atoms with Crippen LogP contribution in [0, 0.1) is 0 Å². The van der Waals surface area contributed by atoms with E-state index in [2.05, 4.69) is 11.7 Å². The average Bonchev–Trinajstić information content (AvgIpc) is 2.74. The second kappa shape index (κ2) is 10.0. The van der Waals surface area contributed by atoms with Crippen molar-refractivity contribution in [2.24, 2.45) is 0 Å². The van der Waals surface area contributed by atoms with Crippen LogP contribution in [0.1, 0.15) is 50.4 Å². The van der Waals surface area contributed by atoms with E-state index < -0.39 is 0 Å². The zero-order chi connectivity index (χ0) is 20.6. The van der Waals surface area contributed by atoms with Crippen molar-refractivity contribution in [3.05, 3.63) is 70.3 Å². The zero-order valence-corrected chi connectivity index (χ0v) is 17.2. The molecule has 3 rings (SSSR count). The molecule has 0 unspecified atom stereocenters. The van der Waals surface area contributed by atoms with Gasteiger partial charge in [-0.15, -0.1) is 0 Å². The van der Waals surface area contributed by atoms with Crippen molar-refractivity contribution in [1.82, 2.24) is 9.55 Å². The number of methoxy groups -OCH3 is 1. The number of carbonyl (C=O) groups is 1. The second-order valence-corrected chi connectivity index (χ2v) is 7.20. The molecule has 0 aliphatic rings. The third-order valence-corrected chi connectivity index (χ3v) is 5.10. The normalized spacial score (nSPS) is 11.0. The molecule has 2 aromatic carbocycles. The Morgan fingerprint density at radius 2 is 1.79 bits per heavy atom. The lowest BCUT2D eigenvalue weighted by Gasteiger charge is -2.15. The van der Waals surface area contributed by atoms with Crippen LogP contribution in [-0.2, 0) is 22.4 Å². The lowest BCUT2D eigenvalue weighted by Crippen LogP contribution is -2.24. The summed E-state index contributed by atoms with van der Waals surface area (Å²) in [5, 5.41) is 0.698. The fourth-order valence-corrected chi connectivity index (χ4v) is 3.65. The highest BCUT2D eigenvalue weighted by molar-refractivity contribution is 5.81. The van der Waals surface area contributed by atoms with Crippen LogP contribution in [0.4, 0.5) is 0 Å². The molecule has 0 amide bonds. The minimum atomic E-state index is -0.173. The molecule has 0 radical (unpaired) electrons. The van der Waals surface area contributed by atoms with E-state index in [1.54, 1.807) is 4.57 Å². The summed E-state index contributed by atoms with van der Waals surface area (Å²) in [6.45, 7) is 2.09. The van der Waals surface area contributed by atoms with Crippen molar-refractivity contribution < 1.29 is 9.53 Å². The molecule has 1 aromatic heterocycles. The second-order valence-electron chi connectivity index (χ2n) is 7.20. The minimum Gasteiger partial charge on any atom is -0.469 e. The van der Waals surface area contributed by atoms with Gasteiger partial charge in [0.1, 0.15) is 5.82 Å². The first-order valence-electron chi connectivity index (χ1n) is 10.3. The SMILES string of the molecule is CCCc1nc2cccc(CCCCCC(=O)OC)c2c(=O)n1-c1ccccc1. The van der Waals surface area contributed by atoms with Crippen LogP contribution in [-0.4, -0.2) is 22.6 Å². The van der Waals surface area contributed by atoms with Crippen molar-refractivity contribution in [2.75, 3.05) is 7.11 Å². The van der Waals surface area contributed by atoms with E-state index in [1.165, 1.54) is 7.11 Å². The van der Waals surface area contributed by atoms with Crippen LogP contribution >= 0.6 is 0 Å². The van der Waals surface area contributed by atoms with Crippen LogP contribution in [0.3, 0.4) is 0 Å². The topological polar surface area (TPSA) is 61.2 Å². The van der Waals surface area contributed by atoms with Crippen molar-refractivity contribution in [2.45, 2.75) is 51.9 Å². The fourth-order valence-electron chi connectivity index (χ4n) is 3.65. The molecular weight excluding hydrogens is 364 g/mol. The van der Waals surface area contributed by atoms with E-state index in [-0.39, 0.29) is 11.5 Å². The lowest BCUT2D eigenvalue weighted by atomic mass is 10.0. The number of aromatic nitrogens is 2. The maximum Gasteiger partial charge on any atom is 0.305 e. The summed E-state index contributed by atoms with van der Waals surface area (Å²) in [5.74, 6) is 0.625. The molecule has 3 aromatic rings. The lowest BCUT2D eigenvalue weighted by molar-refractivity contribution is -0.140. The van der Waals surface area contributed by atoms with Gasteiger partial charge in [-0.2, -0.15) is 0 Å². The molecule has 152 valence electrons. The molecule has 0 spiro atoms. The number of para-hydroxylation sites is 1. The van der Waals surface area contributed by atoms with Gasteiger partial charge in [-0.25, -0.2) is 4.98 Å². The zero-order valence-electron chi connectivity index (χ0n) is 17.2. The van der Waals surface area contributed by atoms with Gasteiger partial charge in [0.2, 0.25) is 0 Å². The van der Waals surface area contributed by atoms with E-state index in [0.717, 1.165) is 61.1 Å². The fraction of sp³-hybridized carbons (Fsp3) is 0.375. The van der Waals surface area contributed by atoms with Gasteiger partial charge in [-0.05, 0) is 49.4 Å². The first-order chi connectivity index (χ1) is 14.2. The highest BCUT2D eigenvalue weighted by Crippen LogP contribution is 2.19. The Morgan fingerprint density at radius 1 is 1.00 bits per heavy atom. The number of aryl methyl sites for hydroxylation is 2. The van der Waals surface area contributed by atoms with Gasteiger partial charge in [0, 0.05) is 12.8 Å². The number of fused-ring (bicyclic) bond motifs is 1. The van der Waals surface area contributed by atoms with Crippen molar-refractivity contribution in [1.29, 1.82) is 0 Å². The maximum atomic E-state index is 13.5. The summed E-state index contributed by atoms with van der Waals surface area (Å²) in [7, 11) is 1.41. The molecule has 0 N–H and O–H groups in total. The maximum absolute atomic E-state index is 13.5.